The van der Waals surface area contributed by atoms with Crippen molar-refractivity contribution in [3.05, 3.63) is 95.2 Å². The lowest BCUT2D eigenvalue weighted by molar-refractivity contribution is 0.414. The predicted octanol–water partition coefficient (Wildman–Crippen LogP) is 5.24. The molecule has 1 heterocycles. The van der Waals surface area contributed by atoms with Crippen LogP contribution >= 0.6 is 0 Å². The fraction of sp³-hybridized carbons (Fsp3) is 0.125. The molecule has 0 aliphatic rings. The average molecular weight is 368 g/mol. The first kappa shape index (κ1) is 17.7. The zero-order valence-electron chi connectivity index (χ0n) is 15.8. The zero-order valence-corrected chi connectivity index (χ0v) is 15.8. The largest absolute Gasteiger partial charge is 0.497 e. The van der Waals surface area contributed by atoms with E-state index in [1.807, 2.05) is 48.7 Å². The molecular weight excluding hydrogens is 348 g/mol. The van der Waals surface area contributed by atoms with Gasteiger partial charge in [0, 0.05) is 23.0 Å². The first-order valence-electron chi connectivity index (χ1n) is 9.02. The number of nitrogens with one attached hydrogen (secondary N) is 1. The van der Waals surface area contributed by atoms with Crippen molar-refractivity contribution in [2.45, 2.75) is 5.92 Å². The van der Waals surface area contributed by atoms with Crippen molar-refractivity contribution in [3.8, 4) is 17.6 Å². The second kappa shape index (κ2) is 7.50. The molecule has 0 unspecified atom stereocenters. The fourth-order valence-corrected chi connectivity index (χ4v) is 3.59. The molecule has 138 valence electrons. The van der Waals surface area contributed by atoms with Gasteiger partial charge in [-0.2, -0.15) is 5.26 Å². The van der Waals surface area contributed by atoms with Gasteiger partial charge in [-0.1, -0.05) is 24.3 Å². The maximum Gasteiger partial charge on any atom is 0.118 e. The Kier molecular flexibility index (Phi) is 4.74. The maximum absolute atomic E-state index is 9.33. The minimum absolute atomic E-state index is 0.0134. The molecule has 1 aromatic heterocycles. The molecular formula is C24H20N2O2. The lowest BCUT2D eigenvalue weighted by atomic mass is 9.85. The third kappa shape index (κ3) is 3.19. The van der Waals surface area contributed by atoms with Gasteiger partial charge in [-0.25, -0.2) is 0 Å². The highest BCUT2D eigenvalue weighted by Gasteiger charge is 2.21. The number of fused-ring (bicyclic) bond motifs is 1. The quantitative estimate of drug-likeness (QED) is 0.524. The van der Waals surface area contributed by atoms with Gasteiger partial charge in [0.15, 0.2) is 0 Å². The predicted molar refractivity (Wildman–Crippen MR) is 110 cm³/mol. The summed E-state index contributed by atoms with van der Waals surface area (Å²) in [5.41, 5.74) is 5.09. The van der Waals surface area contributed by atoms with Crippen LogP contribution < -0.4 is 9.47 Å². The highest BCUT2D eigenvalue weighted by Crippen LogP contribution is 2.37. The van der Waals surface area contributed by atoms with Crippen molar-refractivity contribution in [2.24, 2.45) is 0 Å². The molecule has 4 nitrogen and oxygen atoms in total. The summed E-state index contributed by atoms with van der Waals surface area (Å²) in [6.45, 7) is 0. The second-order valence-corrected chi connectivity index (χ2v) is 6.60. The molecule has 0 fully saturated rings. The summed E-state index contributed by atoms with van der Waals surface area (Å²) < 4.78 is 10.6. The summed E-state index contributed by atoms with van der Waals surface area (Å²) in [6.07, 6.45) is 2.03. The van der Waals surface area contributed by atoms with E-state index in [1.54, 1.807) is 14.2 Å². The van der Waals surface area contributed by atoms with Crippen molar-refractivity contribution in [1.29, 1.82) is 5.26 Å². The van der Waals surface area contributed by atoms with Crippen molar-refractivity contribution < 1.29 is 9.47 Å². The van der Waals surface area contributed by atoms with Crippen LogP contribution in [0.4, 0.5) is 0 Å². The van der Waals surface area contributed by atoms with Crippen molar-refractivity contribution in [2.75, 3.05) is 14.2 Å². The molecule has 4 heteroatoms. The monoisotopic (exact) mass is 368 g/mol. The smallest absolute Gasteiger partial charge is 0.118 e. The second-order valence-electron chi connectivity index (χ2n) is 6.60. The molecule has 28 heavy (non-hydrogen) atoms. The van der Waals surface area contributed by atoms with Crippen molar-refractivity contribution in [3.63, 3.8) is 0 Å². The molecule has 0 spiro atoms. The number of H-pyrrole nitrogens is 1. The van der Waals surface area contributed by atoms with E-state index < -0.39 is 0 Å². The van der Waals surface area contributed by atoms with Crippen LogP contribution in [-0.4, -0.2) is 19.2 Å². The number of aromatic amines is 1. The highest BCUT2D eigenvalue weighted by molar-refractivity contribution is 5.86. The third-order valence-electron chi connectivity index (χ3n) is 5.05. The zero-order chi connectivity index (χ0) is 19.5. The van der Waals surface area contributed by atoms with Crippen LogP contribution in [0.5, 0.6) is 11.5 Å². The van der Waals surface area contributed by atoms with Gasteiger partial charge in [-0.15, -0.1) is 0 Å². The van der Waals surface area contributed by atoms with Gasteiger partial charge in [-0.3, -0.25) is 0 Å². The van der Waals surface area contributed by atoms with Gasteiger partial charge in [0.05, 0.1) is 25.9 Å². The fourth-order valence-electron chi connectivity index (χ4n) is 3.59. The molecule has 3 aromatic carbocycles. The maximum atomic E-state index is 9.33. The van der Waals surface area contributed by atoms with Crippen LogP contribution in [0.25, 0.3) is 10.9 Å². The molecule has 4 rings (SSSR count). The number of ether oxygens (including phenoxy) is 2. The van der Waals surface area contributed by atoms with Crippen molar-refractivity contribution >= 4 is 10.9 Å². The van der Waals surface area contributed by atoms with Gasteiger partial charge < -0.3 is 14.5 Å². The summed E-state index contributed by atoms with van der Waals surface area (Å²) in [7, 11) is 3.33. The van der Waals surface area contributed by atoms with E-state index in [0.717, 1.165) is 39.1 Å². The van der Waals surface area contributed by atoms with E-state index >= 15 is 0 Å². The Balaban J connectivity index is 1.90. The minimum atomic E-state index is 0.0134. The number of benzene rings is 3. The molecule has 4 aromatic rings. The van der Waals surface area contributed by atoms with Crippen LogP contribution in [-0.2, 0) is 0 Å². The lowest BCUT2D eigenvalue weighted by Crippen LogP contribution is -2.03. The number of methoxy groups -OCH3 is 2. The third-order valence-corrected chi connectivity index (χ3v) is 5.05. The summed E-state index contributed by atoms with van der Waals surface area (Å²) >= 11 is 0. The number of hydrogen-bond acceptors (Lipinski definition) is 3. The van der Waals surface area contributed by atoms with E-state index in [2.05, 4.69) is 35.3 Å². The Bertz CT molecular complexity index is 1090. The number of nitriles is 1. The molecule has 0 radical (unpaired) electrons. The van der Waals surface area contributed by atoms with Crippen LogP contribution in [0.15, 0.2) is 72.9 Å². The Morgan fingerprint density at radius 2 is 1.39 bits per heavy atom. The normalized spacial score (nSPS) is 10.8. The summed E-state index contributed by atoms with van der Waals surface area (Å²) in [4.78, 5) is 3.35. The Morgan fingerprint density at radius 1 is 0.821 bits per heavy atom. The first-order chi connectivity index (χ1) is 13.7. The van der Waals surface area contributed by atoms with Crippen LogP contribution in [0.3, 0.4) is 0 Å². The van der Waals surface area contributed by atoms with E-state index in [1.165, 1.54) is 0 Å². The van der Waals surface area contributed by atoms with Gasteiger partial charge in [0.1, 0.15) is 11.5 Å². The summed E-state index contributed by atoms with van der Waals surface area (Å²) in [6, 6.07) is 24.2. The Labute approximate surface area is 164 Å². The molecule has 0 aliphatic heterocycles. The van der Waals surface area contributed by atoms with E-state index in [-0.39, 0.29) is 5.92 Å². The average Bonchev–Trinajstić information content (AvgIpc) is 3.17. The standard InChI is InChI=1S/C24H20N2O2/c1-27-19-8-4-17(5-9-19)24(18-6-10-20(28-2)11-7-18)22-15-26-23-12-3-16(14-25)13-21(22)23/h3-13,15,24,26H,1-2H3. The van der Waals surface area contributed by atoms with E-state index in [9.17, 15) is 5.26 Å². The summed E-state index contributed by atoms with van der Waals surface area (Å²) in [5.74, 6) is 1.66. The molecule has 0 saturated carbocycles. The first-order valence-corrected chi connectivity index (χ1v) is 9.02. The Hall–Kier alpha value is -3.71. The minimum Gasteiger partial charge on any atom is -0.497 e. The Morgan fingerprint density at radius 3 is 1.89 bits per heavy atom. The SMILES string of the molecule is COc1ccc(C(c2ccc(OC)cc2)c2c[nH]c3ccc(C#N)cc23)cc1. The molecule has 0 amide bonds. The van der Waals surface area contributed by atoms with Gasteiger partial charge in [0.2, 0.25) is 0 Å². The van der Waals surface area contributed by atoms with E-state index in [0.29, 0.717) is 5.56 Å². The topological polar surface area (TPSA) is 58.0 Å². The van der Waals surface area contributed by atoms with Crippen LogP contribution in [0.2, 0.25) is 0 Å². The van der Waals surface area contributed by atoms with Gasteiger partial charge >= 0.3 is 0 Å². The molecule has 1 N–H and O–H groups in total. The van der Waals surface area contributed by atoms with E-state index in [4.69, 9.17) is 9.47 Å². The number of rotatable bonds is 5. The molecule has 0 atom stereocenters. The lowest BCUT2D eigenvalue weighted by Gasteiger charge is -2.19. The molecule has 0 bridgehead atoms. The molecule has 0 saturated heterocycles. The van der Waals surface area contributed by atoms with Gasteiger partial charge in [0.25, 0.3) is 0 Å². The van der Waals surface area contributed by atoms with Crippen LogP contribution in [0, 0.1) is 11.3 Å². The van der Waals surface area contributed by atoms with Crippen molar-refractivity contribution in [1.82, 2.24) is 4.98 Å². The van der Waals surface area contributed by atoms with Gasteiger partial charge in [-0.05, 0) is 59.2 Å². The van der Waals surface area contributed by atoms with Crippen LogP contribution in [0.1, 0.15) is 28.2 Å². The highest BCUT2D eigenvalue weighted by atomic mass is 16.5. The molecule has 0 aliphatic carbocycles. The number of aromatic nitrogens is 1. The summed E-state index contributed by atoms with van der Waals surface area (Å²) in [5, 5.41) is 10.4. The number of hydrogen-bond donors (Lipinski definition) is 1. The number of nitrogens with zero attached hydrogens (tertiary/aromatic N) is 1.